The minimum atomic E-state index is -0.539. The molecule has 0 unspecified atom stereocenters. The third-order valence-electron chi connectivity index (χ3n) is 3.62. The zero-order chi connectivity index (χ0) is 20.1. The molecule has 0 heterocycles. The number of amides is 2. The Labute approximate surface area is 162 Å². The number of rotatable bonds is 10. The molecule has 1 aromatic carbocycles. The second kappa shape index (κ2) is 12.2. The molecule has 0 fully saturated rings. The number of hydrogen-bond acceptors (Lipinski definition) is 5. The van der Waals surface area contributed by atoms with Gasteiger partial charge in [-0.15, -0.1) is 0 Å². The van der Waals surface area contributed by atoms with Gasteiger partial charge in [0, 0.05) is 19.6 Å². The second-order valence-corrected chi connectivity index (χ2v) is 7.31. The van der Waals surface area contributed by atoms with Gasteiger partial charge < -0.3 is 25.4 Å². The van der Waals surface area contributed by atoms with Gasteiger partial charge in [-0.3, -0.25) is 0 Å². The lowest BCUT2D eigenvalue weighted by molar-refractivity contribution is 0.0245. The molecule has 0 aromatic heterocycles. The van der Waals surface area contributed by atoms with Gasteiger partial charge in [0.2, 0.25) is 0 Å². The predicted octanol–water partition coefficient (Wildman–Crippen LogP) is 3.28. The molecule has 7 heteroatoms. The first-order chi connectivity index (χ1) is 12.8. The molecule has 0 aliphatic rings. The predicted molar refractivity (Wildman–Crippen MR) is 105 cm³/mol. The molecule has 7 nitrogen and oxygen atoms in total. The topological polar surface area (TPSA) is 93.9 Å². The first-order valence-electron chi connectivity index (χ1n) is 9.44. The molecule has 0 aliphatic carbocycles. The lowest BCUT2D eigenvalue weighted by Crippen LogP contribution is -2.39. The number of nitrogens with zero attached hydrogens (tertiary/aromatic N) is 1. The van der Waals surface area contributed by atoms with Crippen molar-refractivity contribution in [2.75, 3.05) is 26.2 Å². The Bertz CT molecular complexity index is 558. The van der Waals surface area contributed by atoms with E-state index in [9.17, 15) is 9.59 Å². The van der Waals surface area contributed by atoms with Crippen LogP contribution in [0.2, 0.25) is 0 Å². The van der Waals surface area contributed by atoms with E-state index >= 15 is 0 Å². The van der Waals surface area contributed by atoms with Crippen molar-refractivity contribution < 1.29 is 19.1 Å². The van der Waals surface area contributed by atoms with Crippen LogP contribution < -0.4 is 11.1 Å². The number of alkyl carbamates (subject to hydrolysis) is 1. The quantitative estimate of drug-likeness (QED) is 0.609. The number of ether oxygens (including phenoxy) is 2. The van der Waals surface area contributed by atoms with Gasteiger partial charge in [0.25, 0.3) is 0 Å². The SMILES string of the molecule is CC(C)(C)OC(=O)N(CCCCN)CCCNC(=O)OCc1ccccc1. The summed E-state index contributed by atoms with van der Waals surface area (Å²) in [4.78, 5) is 25.7. The number of unbranched alkanes of at least 4 members (excludes halogenated alkanes) is 1. The molecule has 0 bridgehead atoms. The van der Waals surface area contributed by atoms with Crippen LogP contribution >= 0.6 is 0 Å². The summed E-state index contributed by atoms with van der Waals surface area (Å²) in [5.41, 5.74) is 5.92. The van der Waals surface area contributed by atoms with Crippen LogP contribution in [0.4, 0.5) is 9.59 Å². The summed E-state index contributed by atoms with van der Waals surface area (Å²) in [5, 5.41) is 2.70. The molecule has 0 spiro atoms. The third-order valence-corrected chi connectivity index (χ3v) is 3.62. The van der Waals surface area contributed by atoms with Crippen LogP contribution in [0, 0.1) is 0 Å². The lowest BCUT2D eigenvalue weighted by Gasteiger charge is -2.27. The Morgan fingerprint density at radius 2 is 1.74 bits per heavy atom. The average molecular weight is 380 g/mol. The molecule has 3 N–H and O–H groups in total. The van der Waals surface area contributed by atoms with Crippen LogP contribution in [0.3, 0.4) is 0 Å². The van der Waals surface area contributed by atoms with E-state index in [0.717, 1.165) is 18.4 Å². The van der Waals surface area contributed by atoms with E-state index in [1.165, 1.54) is 0 Å². The Balaban J connectivity index is 2.32. The highest BCUT2D eigenvalue weighted by Crippen LogP contribution is 2.11. The summed E-state index contributed by atoms with van der Waals surface area (Å²) in [6, 6.07) is 9.49. The standard InChI is InChI=1S/C20H33N3O4/c1-20(2,3)27-19(25)23(14-8-7-12-21)15-9-13-22-18(24)26-16-17-10-5-4-6-11-17/h4-6,10-11H,7-9,12-16,21H2,1-3H3,(H,22,24). The highest BCUT2D eigenvalue weighted by atomic mass is 16.6. The van der Waals surface area contributed by atoms with Crippen LogP contribution in [0.5, 0.6) is 0 Å². The van der Waals surface area contributed by atoms with E-state index in [-0.39, 0.29) is 12.7 Å². The van der Waals surface area contributed by atoms with Crippen LogP contribution in [-0.2, 0) is 16.1 Å². The number of benzene rings is 1. The molecule has 0 atom stereocenters. The summed E-state index contributed by atoms with van der Waals surface area (Å²) in [7, 11) is 0. The summed E-state index contributed by atoms with van der Waals surface area (Å²) < 4.78 is 10.6. The molecule has 0 saturated carbocycles. The van der Waals surface area contributed by atoms with Gasteiger partial charge >= 0.3 is 12.2 Å². The Morgan fingerprint density at radius 3 is 2.37 bits per heavy atom. The zero-order valence-electron chi connectivity index (χ0n) is 16.7. The van der Waals surface area contributed by atoms with Gasteiger partial charge in [-0.2, -0.15) is 0 Å². The molecule has 1 rings (SSSR count). The highest BCUT2D eigenvalue weighted by molar-refractivity contribution is 5.68. The van der Waals surface area contributed by atoms with Crippen LogP contribution in [0.15, 0.2) is 30.3 Å². The largest absolute Gasteiger partial charge is 0.445 e. The van der Waals surface area contributed by atoms with Crippen molar-refractivity contribution in [3.8, 4) is 0 Å². The van der Waals surface area contributed by atoms with Crippen molar-refractivity contribution in [2.24, 2.45) is 5.73 Å². The fourth-order valence-corrected chi connectivity index (χ4v) is 2.30. The van der Waals surface area contributed by atoms with E-state index in [2.05, 4.69) is 5.32 Å². The monoisotopic (exact) mass is 379 g/mol. The summed E-state index contributed by atoms with van der Waals surface area (Å²) in [6.45, 7) is 7.85. The summed E-state index contributed by atoms with van der Waals surface area (Å²) >= 11 is 0. The molecule has 1 aromatic rings. The average Bonchev–Trinajstić information content (AvgIpc) is 2.61. The highest BCUT2D eigenvalue weighted by Gasteiger charge is 2.21. The molecule has 0 aliphatic heterocycles. The number of carbonyl (C=O) groups excluding carboxylic acids is 2. The Hall–Kier alpha value is -2.28. The summed E-state index contributed by atoms with van der Waals surface area (Å²) in [6.07, 6.45) is 1.48. The fraction of sp³-hybridized carbons (Fsp3) is 0.600. The maximum atomic E-state index is 12.3. The van der Waals surface area contributed by atoms with Crippen molar-refractivity contribution >= 4 is 12.2 Å². The number of nitrogens with two attached hydrogens (primary N) is 1. The number of hydrogen-bond donors (Lipinski definition) is 2. The normalized spacial score (nSPS) is 11.0. The molecular formula is C20H33N3O4. The third kappa shape index (κ3) is 11.1. The molecule has 27 heavy (non-hydrogen) atoms. The van der Waals surface area contributed by atoms with E-state index < -0.39 is 11.7 Å². The number of carbonyl (C=O) groups is 2. The van der Waals surface area contributed by atoms with Gasteiger partial charge in [-0.05, 0) is 52.1 Å². The van der Waals surface area contributed by atoms with Gasteiger partial charge in [0.15, 0.2) is 0 Å². The second-order valence-electron chi connectivity index (χ2n) is 7.31. The van der Waals surface area contributed by atoms with E-state index in [4.69, 9.17) is 15.2 Å². The van der Waals surface area contributed by atoms with Crippen LogP contribution in [0.1, 0.15) is 45.6 Å². The smallest absolute Gasteiger partial charge is 0.410 e. The van der Waals surface area contributed by atoms with Crippen LogP contribution in [0.25, 0.3) is 0 Å². The Morgan fingerprint density at radius 1 is 1.07 bits per heavy atom. The van der Waals surface area contributed by atoms with Gasteiger partial charge in [-0.1, -0.05) is 30.3 Å². The van der Waals surface area contributed by atoms with Crippen LogP contribution in [-0.4, -0.2) is 48.9 Å². The minimum absolute atomic E-state index is 0.232. The van der Waals surface area contributed by atoms with Gasteiger partial charge in [-0.25, -0.2) is 9.59 Å². The maximum Gasteiger partial charge on any atom is 0.410 e. The maximum absolute atomic E-state index is 12.3. The van der Waals surface area contributed by atoms with E-state index in [1.807, 2.05) is 51.1 Å². The van der Waals surface area contributed by atoms with Crippen molar-refractivity contribution in [1.29, 1.82) is 0 Å². The lowest BCUT2D eigenvalue weighted by atomic mass is 10.2. The van der Waals surface area contributed by atoms with Crippen molar-refractivity contribution in [3.63, 3.8) is 0 Å². The van der Waals surface area contributed by atoms with Crippen molar-refractivity contribution in [2.45, 2.75) is 52.2 Å². The summed E-state index contributed by atoms with van der Waals surface area (Å²) in [5.74, 6) is 0. The minimum Gasteiger partial charge on any atom is -0.445 e. The first kappa shape index (κ1) is 22.8. The molecule has 0 saturated heterocycles. The molecule has 2 amide bonds. The zero-order valence-corrected chi connectivity index (χ0v) is 16.7. The number of nitrogens with one attached hydrogen (secondary N) is 1. The fourth-order valence-electron chi connectivity index (χ4n) is 2.30. The Kier molecular flexibility index (Phi) is 10.3. The van der Waals surface area contributed by atoms with E-state index in [1.54, 1.807) is 4.90 Å². The van der Waals surface area contributed by atoms with Gasteiger partial charge in [0.05, 0.1) is 0 Å². The molecule has 152 valence electrons. The molecule has 0 radical (unpaired) electrons. The van der Waals surface area contributed by atoms with Crippen molar-refractivity contribution in [3.05, 3.63) is 35.9 Å². The van der Waals surface area contributed by atoms with Gasteiger partial charge in [0.1, 0.15) is 12.2 Å². The molecular weight excluding hydrogens is 346 g/mol. The van der Waals surface area contributed by atoms with E-state index in [0.29, 0.717) is 32.6 Å². The van der Waals surface area contributed by atoms with Crippen molar-refractivity contribution in [1.82, 2.24) is 10.2 Å². The first-order valence-corrected chi connectivity index (χ1v) is 9.44.